The molecule has 0 saturated carbocycles. The Morgan fingerprint density at radius 3 is 2.03 bits per heavy atom. The van der Waals surface area contributed by atoms with Crippen molar-refractivity contribution in [3.63, 3.8) is 0 Å². The van der Waals surface area contributed by atoms with Crippen LogP contribution in [0.2, 0.25) is 0 Å². The predicted molar refractivity (Wildman–Crippen MR) is 113 cm³/mol. The van der Waals surface area contributed by atoms with E-state index in [1.807, 2.05) is 0 Å². The third-order valence-corrected chi connectivity index (χ3v) is 5.29. The highest BCUT2D eigenvalue weighted by molar-refractivity contribution is 7.51. The lowest BCUT2D eigenvalue weighted by Gasteiger charge is -2.44. The third kappa shape index (κ3) is 8.32. The zero-order valence-electron chi connectivity index (χ0n) is 18.5. The first-order chi connectivity index (χ1) is 15.9. The number of benzene rings is 1. The van der Waals surface area contributed by atoms with E-state index in [4.69, 9.17) is 29.2 Å². The van der Waals surface area contributed by atoms with Crippen molar-refractivity contribution in [2.45, 2.75) is 57.9 Å². The maximum Gasteiger partial charge on any atom is 0.325 e. The van der Waals surface area contributed by atoms with Gasteiger partial charge in [0.1, 0.15) is 11.9 Å². The molecule has 14 nitrogen and oxygen atoms in total. The second kappa shape index (κ2) is 11.8. The molecule has 1 aromatic rings. The van der Waals surface area contributed by atoms with E-state index in [2.05, 4.69) is 10.0 Å². The molecule has 15 heteroatoms. The van der Waals surface area contributed by atoms with Gasteiger partial charge in [-0.25, -0.2) is 0 Å². The van der Waals surface area contributed by atoms with Gasteiger partial charge in [0, 0.05) is 31.4 Å². The molecule has 34 heavy (non-hydrogen) atoms. The van der Waals surface area contributed by atoms with Crippen molar-refractivity contribution in [2.75, 3.05) is 6.16 Å². The van der Waals surface area contributed by atoms with Crippen LogP contribution in [0.5, 0.6) is 5.75 Å². The molecule has 2 N–H and O–H groups in total. The average Bonchev–Trinajstić information content (AvgIpc) is 2.71. The summed E-state index contributed by atoms with van der Waals surface area (Å²) in [7, 11) is -4.47. The Morgan fingerprint density at radius 1 is 1.00 bits per heavy atom. The number of ether oxygens (including phenoxy) is 5. The zero-order valence-corrected chi connectivity index (χ0v) is 19.4. The molecule has 0 radical (unpaired) electrons. The molecule has 5 atom stereocenters. The molecule has 1 aliphatic rings. The molecule has 0 unspecified atom stereocenters. The van der Waals surface area contributed by atoms with Crippen molar-refractivity contribution in [3.05, 3.63) is 34.7 Å². The van der Waals surface area contributed by atoms with E-state index in [9.17, 15) is 28.7 Å². The smallest absolute Gasteiger partial charge is 0.325 e. The van der Waals surface area contributed by atoms with Crippen LogP contribution in [0.25, 0.3) is 10.4 Å². The van der Waals surface area contributed by atoms with Crippen molar-refractivity contribution >= 4 is 31.2 Å². The van der Waals surface area contributed by atoms with Crippen LogP contribution in [0.4, 0.5) is 5.69 Å². The summed E-state index contributed by atoms with van der Waals surface area (Å²) >= 11 is 0. The highest BCUT2D eigenvalue weighted by atomic mass is 31.2. The number of carbonyl (C=O) groups is 3. The van der Waals surface area contributed by atoms with E-state index in [-0.39, 0.29) is 12.2 Å². The summed E-state index contributed by atoms with van der Waals surface area (Å²) in [5.41, 5.74) is 8.81. The van der Waals surface area contributed by atoms with Crippen LogP contribution in [0.15, 0.2) is 29.4 Å². The number of carbonyl (C=O) groups excluding carboxylic acids is 3. The van der Waals surface area contributed by atoms with Gasteiger partial charge in [-0.3, -0.25) is 18.9 Å². The summed E-state index contributed by atoms with van der Waals surface area (Å²) in [6, 6.07) is 5.74. The van der Waals surface area contributed by atoms with Gasteiger partial charge in [0.15, 0.2) is 12.2 Å². The second-order valence-electron chi connectivity index (χ2n) is 7.24. The summed E-state index contributed by atoms with van der Waals surface area (Å²) in [5, 5.41) is 3.44. The number of rotatable bonds is 9. The molecule has 0 bridgehead atoms. The van der Waals surface area contributed by atoms with E-state index in [0.717, 1.165) is 20.8 Å². The van der Waals surface area contributed by atoms with E-state index in [0.29, 0.717) is 5.69 Å². The second-order valence-corrected chi connectivity index (χ2v) is 9.02. The summed E-state index contributed by atoms with van der Waals surface area (Å²) in [5.74, 6) is -2.19. The van der Waals surface area contributed by atoms with E-state index in [1.165, 1.54) is 24.3 Å². The molecule has 186 valence electrons. The molecule has 0 aromatic heterocycles. The minimum absolute atomic E-state index is 0.181. The van der Waals surface area contributed by atoms with Crippen molar-refractivity contribution in [1.82, 2.24) is 0 Å². The standard InChI is InChI=1S/C19H24N3O11P/c1-10(23)29-16-15(8-9-34(26,27)28)33-19(18(31-12(3)25)17(16)30-11(2)24)32-14-6-4-13(5-7-14)21-22-20/h4-7,15-19H,8-9H2,1-3H3,(H2,26,27,28)/t15-,16-,17+,18+,19+/m1/s1. The van der Waals surface area contributed by atoms with Crippen LogP contribution in [0, 0.1) is 0 Å². The largest absolute Gasteiger partial charge is 0.461 e. The first-order valence-electron chi connectivity index (χ1n) is 9.93. The number of esters is 3. The highest BCUT2D eigenvalue weighted by Crippen LogP contribution is 2.39. The van der Waals surface area contributed by atoms with Crippen LogP contribution in [-0.4, -0.2) is 64.6 Å². The molecule has 2 rings (SSSR count). The van der Waals surface area contributed by atoms with Gasteiger partial charge in [-0.1, -0.05) is 5.11 Å². The molecule has 0 aliphatic carbocycles. The Balaban J connectivity index is 2.45. The maximum absolute atomic E-state index is 11.8. The van der Waals surface area contributed by atoms with Gasteiger partial charge in [-0.05, 0) is 36.2 Å². The number of hydrogen-bond donors (Lipinski definition) is 2. The number of azide groups is 1. The summed E-state index contributed by atoms with van der Waals surface area (Å²) in [4.78, 5) is 56.6. The Morgan fingerprint density at radius 2 is 1.53 bits per heavy atom. The fraction of sp³-hybridized carbons (Fsp3) is 0.526. The van der Waals surface area contributed by atoms with Gasteiger partial charge in [0.05, 0.1) is 6.16 Å². The monoisotopic (exact) mass is 501 g/mol. The fourth-order valence-electron chi connectivity index (χ4n) is 3.25. The van der Waals surface area contributed by atoms with Gasteiger partial charge in [0.2, 0.25) is 12.4 Å². The first kappa shape index (κ1) is 27.1. The Bertz CT molecular complexity index is 990. The van der Waals surface area contributed by atoms with Crippen molar-refractivity contribution in [2.24, 2.45) is 5.11 Å². The van der Waals surface area contributed by atoms with Crippen LogP contribution < -0.4 is 4.74 Å². The molecule has 1 heterocycles. The van der Waals surface area contributed by atoms with E-state index in [1.54, 1.807) is 0 Å². The van der Waals surface area contributed by atoms with Gasteiger partial charge in [-0.15, -0.1) is 0 Å². The minimum atomic E-state index is -4.47. The van der Waals surface area contributed by atoms with Crippen molar-refractivity contribution in [1.29, 1.82) is 0 Å². The summed E-state index contributed by atoms with van der Waals surface area (Å²) < 4.78 is 38.8. The van der Waals surface area contributed by atoms with E-state index >= 15 is 0 Å². The van der Waals surface area contributed by atoms with Crippen molar-refractivity contribution in [3.8, 4) is 5.75 Å². The molecular formula is C19H24N3O11P. The van der Waals surface area contributed by atoms with Gasteiger partial charge >= 0.3 is 25.5 Å². The number of hydrogen-bond acceptors (Lipinski definition) is 10. The Labute approximate surface area is 193 Å². The van der Waals surface area contributed by atoms with E-state index < -0.39 is 62.4 Å². The molecule has 1 saturated heterocycles. The molecule has 0 amide bonds. The Hall–Kier alpha value is -3.15. The third-order valence-electron chi connectivity index (χ3n) is 4.45. The Kier molecular flexibility index (Phi) is 9.42. The molecule has 1 aliphatic heterocycles. The fourth-order valence-corrected chi connectivity index (χ4v) is 3.85. The van der Waals surface area contributed by atoms with Crippen LogP contribution in [0.3, 0.4) is 0 Å². The summed E-state index contributed by atoms with van der Waals surface area (Å²) in [6.07, 6.45) is -7.73. The van der Waals surface area contributed by atoms with Crippen LogP contribution in [0.1, 0.15) is 27.2 Å². The topological polar surface area (TPSA) is 204 Å². The average molecular weight is 501 g/mol. The minimum Gasteiger partial charge on any atom is -0.461 e. The molecular weight excluding hydrogens is 477 g/mol. The van der Waals surface area contributed by atoms with Crippen molar-refractivity contribution < 1.29 is 52.4 Å². The summed E-state index contributed by atoms with van der Waals surface area (Å²) in [6.45, 7) is 3.26. The van der Waals surface area contributed by atoms with Crippen LogP contribution >= 0.6 is 7.60 Å². The zero-order chi connectivity index (χ0) is 25.5. The maximum atomic E-state index is 11.8. The molecule has 0 spiro atoms. The highest BCUT2D eigenvalue weighted by Gasteiger charge is 2.53. The SMILES string of the molecule is CC(=O)O[C@@H]1[C@H](OC(C)=O)[C@@H](Oc2ccc(N=[N+]=[N-])cc2)O[C@H](CCP(=O)(O)O)[C@H]1OC(C)=O. The first-order valence-corrected chi connectivity index (χ1v) is 11.7. The van der Waals surface area contributed by atoms with Gasteiger partial charge < -0.3 is 33.5 Å². The number of nitrogens with zero attached hydrogens (tertiary/aromatic N) is 3. The lowest BCUT2D eigenvalue weighted by atomic mass is 9.96. The lowest BCUT2D eigenvalue weighted by Crippen LogP contribution is -2.62. The van der Waals surface area contributed by atoms with Gasteiger partial charge in [-0.2, -0.15) is 0 Å². The molecule has 1 aromatic carbocycles. The lowest BCUT2D eigenvalue weighted by molar-refractivity contribution is -0.283. The normalized spacial score (nSPS) is 24.3. The van der Waals surface area contributed by atoms with Crippen LogP contribution in [-0.2, 0) is 37.9 Å². The molecule has 1 fully saturated rings. The quantitative estimate of drug-likeness (QED) is 0.125. The van der Waals surface area contributed by atoms with Gasteiger partial charge in [0.25, 0.3) is 0 Å². The predicted octanol–water partition coefficient (Wildman–Crippen LogP) is 2.09.